The third kappa shape index (κ3) is 13.7. The van der Waals surface area contributed by atoms with Gasteiger partial charge in [-0.2, -0.15) is 8.42 Å². The largest absolute Gasteiger partial charge is 0.314 e. The van der Waals surface area contributed by atoms with Crippen LogP contribution in [0.4, 0.5) is 0 Å². The molecule has 0 aliphatic heterocycles. The number of nitrogens with one attached hydrogen (secondary N) is 1. The van der Waals surface area contributed by atoms with Crippen LogP contribution in [0.25, 0.3) is 0 Å². The maximum Gasteiger partial charge on any atom is 0.209 e. The first-order valence-corrected chi connectivity index (χ1v) is 6.95. The van der Waals surface area contributed by atoms with Crippen LogP contribution in [0, 0.1) is 0 Å². The van der Waals surface area contributed by atoms with E-state index in [0.717, 1.165) is 13.0 Å². The Morgan fingerprint density at radius 3 is 2.50 bits per heavy atom. The molecule has 98 valence electrons. The summed E-state index contributed by atoms with van der Waals surface area (Å²) in [5.74, 6) is 0. The van der Waals surface area contributed by atoms with Crippen molar-refractivity contribution in [3.8, 4) is 0 Å². The summed E-state index contributed by atoms with van der Waals surface area (Å²) in [6.07, 6.45) is 6.59. The van der Waals surface area contributed by atoms with Crippen LogP contribution in [0.2, 0.25) is 0 Å². The van der Waals surface area contributed by atoms with Gasteiger partial charge in [-0.1, -0.05) is 33.6 Å². The average molecular weight is 249 g/mol. The van der Waals surface area contributed by atoms with Crippen molar-refractivity contribution in [2.24, 2.45) is 0 Å². The van der Waals surface area contributed by atoms with Gasteiger partial charge in [-0.25, -0.2) is 0 Å². The number of rotatable bonds is 9. The first kappa shape index (κ1) is 18.0. The first-order valence-electron chi connectivity index (χ1n) is 5.81. The Labute approximate surface area is 102 Å². The maximum atomic E-state index is 10.2. The summed E-state index contributed by atoms with van der Waals surface area (Å²) in [6.45, 7) is 5.29. The van der Waals surface area contributed by atoms with E-state index >= 15 is 0 Å². The van der Waals surface area contributed by atoms with Crippen molar-refractivity contribution in [3.63, 3.8) is 0 Å². The molecule has 0 heterocycles. The molecule has 1 atom stereocenters. The van der Waals surface area contributed by atoms with E-state index in [4.69, 9.17) is 0 Å². The summed E-state index contributed by atoms with van der Waals surface area (Å²) in [5, 5.41) is 4.72. The lowest BCUT2D eigenvalue weighted by atomic mass is 10.1. The molecular formula is C12H27NO2S. The molecule has 3 nitrogen and oxygen atoms in total. The van der Waals surface area contributed by atoms with Gasteiger partial charge in [-0.3, -0.25) is 0 Å². The normalized spacial score (nSPS) is 11.6. The maximum absolute atomic E-state index is 10.2. The second kappa shape index (κ2) is 12.7. The zero-order chi connectivity index (χ0) is 11.5. The van der Waals surface area contributed by atoms with Gasteiger partial charge >= 0.3 is 0 Å². The summed E-state index contributed by atoms with van der Waals surface area (Å²) >= 11 is 0. The summed E-state index contributed by atoms with van der Waals surface area (Å²) in [6, 6.07) is 0.550. The lowest BCUT2D eigenvalue weighted by Crippen LogP contribution is -2.26. The lowest BCUT2D eigenvalue weighted by Gasteiger charge is -2.12. The molecule has 1 unspecified atom stereocenters. The molecule has 0 saturated heterocycles. The molecule has 0 bridgehead atoms. The van der Waals surface area contributed by atoms with Crippen LogP contribution in [0.3, 0.4) is 0 Å². The topological polar surface area (TPSA) is 46.2 Å². The van der Waals surface area contributed by atoms with Gasteiger partial charge in [-0.15, -0.1) is 0 Å². The predicted molar refractivity (Wildman–Crippen MR) is 72.6 cm³/mol. The zero-order valence-electron chi connectivity index (χ0n) is 9.83. The molecule has 0 aliphatic carbocycles. The smallest absolute Gasteiger partial charge is 0.209 e. The van der Waals surface area contributed by atoms with Crippen molar-refractivity contribution in [2.75, 3.05) is 6.54 Å². The van der Waals surface area contributed by atoms with Crippen molar-refractivity contribution in [2.45, 2.75) is 65.8 Å². The molecule has 0 saturated carbocycles. The van der Waals surface area contributed by atoms with Gasteiger partial charge in [-0.05, 0) is 32.7 Å². The highest BCUT2D eigenvalue weighted by molar-refractivity contribution is 7.71. The van der Waals surface area contributed by atoms with E-state index in [1.54, 1.807) is 0 Å². The monoisotopic (exact) mass is 249 g/mol. The molecule has 4 heteroatoms. The number of hydrogen-bond donors (Lipinski definition) is 1. The van der Waals surface area contributed by atoms with E-state index < -0.39 is 10.3 Å². The SMILES string of the molecule is C.CCCCCC(C)NCCCC=S(=O)=O. The van der Waals surface area contributed by atoms with Crippen LogP contribution in [0.15, 0.2) is 0 Å². The number of unbranched alkanes of at least 4 members (excludes halogenated alkanes) is 3. The molecule has 0 aromatic carbocycles. The van der Waals surface area contributed by atoms with Crippen LogP contribution in [-0.4, -0.2) is 26.4 Å². The summed E-state index contributed by atoms with van der Waals surface area (Å²) in [4.78, 5) is 0. The van der Waals surface area contributed by atoms with E-state index in [-0.39, 0.29) is 7.43 Å². The molecule has 1 N–H and O–H groups in total. The summed E-state index contributed by atoms with van der Waals surface area (Å²) < 4.78 is 20.4. The Bertz CT molecular complexity index is 252. The van der Waals surface area contributed by atoms with Gasteiger partial charge in [0.1, 0.15) is 0 Å². The van der Waals surface area contributed by atoms with Crippen LogP contribution >= 0.6 is 0 Å². The van der Waals surface area contributed by atoms with Crippen LogP contribution < -0.4 is 5.32 Å². The molecule has 0 spiro atoms. The van der Waals surface area contributed by atoms with Crippen molar-refractivity contribution in [1.82, 2.24) is 5.32 Å². The van der Waals surface area contributed by atoms with Gasteiger partial charge in [0.05, 0.1) is 0 Å². The van der Waals surface area contributed by atoms with E-state index in [2.05, 4.69) is 19.2 Å². The van der Waals surface area contributed by atoms with Gasteiger partial charge in [0, 0.05) is 11.4 Å². The Balaban J connectivity index is 0. The second-order valence-corrected chi connectivity index (χ2v) is 4.77. The molecule has 0 rings (SSSR count). The minimum atomic E-state index is -1.99. The van der Waals surface area contributed by atoms with E-state index in [1.807, 2.05) is 0 Å². The summed E-state index contributed by atoms with van der Waals surface area (Å²) in [5.41, 5.74) is 0. The fraction of sp³-hybridized carbons (Fsp3) is 0.917. The summed E-state index contributed by atoms with van der Waals surface area (Å²) in [7, 11) is -1.99. The standard InChI is InChI=1S/C11H23NO2S.CH4/c1-3-4-5-8-11(2)12-9-6-7-10-15(13)14;/h10-12H,3-9H2,1-2H3;1H4. The van der Waals surface area contributed by atoms with Crippen molar-refractivity contribution in [1.29, 1.82) is 0 Å². The van der Waals surface area contributed by atoms with E-state index in [0.29, 0.717) is 12.5 Å². The van der Waals surface area contributed by atoms with Gasteiger partial charge in [0.25, 0.3) is 0 Å². The molecule has 0 radical (unpaired) electrons. The Morgan fingerprint density at radius 1 is 1.25 bits per heavy atom. The highest BCUT2D eigenvalue weighted by Crippen LogP contribution is 2.02. The fourth-order valence-electron chi connectivity index (χ4n) is 1.43. The Hall–Kier alpha value is -0.350. The van der Waals surface area contributed by atoms with Crippen LogP contribution in [0.5, 0.6) is 0 Å². The highest BCUT2D eigenvalue weighted by atomic mass is 32.2. The third-order valence-electron chi connectivity index (χ3n) is 2.37. The van der Waals surface area contributed by atoms with Crippen molar-refractivity contribution >= 4 is 15.7 Å². The first-order chi connectivity index (χ1) is 7.16. The molecule has 0 fully saturated rings. The Morgan fingerprint density at radius 2 is 1.94 bits per heavy atom. The number of hydrogen-bond acceptors (Lipinski definition) is 3. The van der Waals surface area contributed by atoms with E-state index in [9.17, 15) is 8.42 Å². The van der Waals surface area contributed by atoms with E-state index in [1.165, 1.54) is 31.1 Å². The van der Waals surface area contributed by atoms with Crippen LogP contribution in [-0.2, 0) is 10.3 Å². The van der Waals surface area contributed by atoms with Gasteiger partial charge in [0.15, 0.2) is 0 Å². The Kier molecular flexibility index (Phi) is 14.3. The van der Waals surface area contributed by atoms with Crippen molar-refractivity contribution in [3.05, 3.63) is 0 Å². The van der Waals surface area contributed by atoms with Gasteiger partial charge < -0.3 is 5.32 Å². The molecule has 0 aromatic heterocycles. The third-order valence-corrected chi connectivity index (χ3v) is 2.88. The average Bonchev–Trinajstić information content (AvgIpc) is 2.17. The molecule has 16 heavy (non-hydrogen) atoms. The lowest BCUT2D eigenvalue weighted by molar-refractivity contribution is 0.485. The molecule has 0 aromatic rings. The van der Waals surface area contributed by atoms with Crippen molar-refractivity contribution < 1.29 is 8.42 Å². The van der Waals surface area contributed by atoms with Gasteiger partial charge in [0.2, 0.25) is 10.3 Å². The minimum Gasteiger partial charge on any atom is -0.314 e. The second-order valence-electron chi connectivity index (χ2n) is 3.92. The zero-order valence-corrected chi connectivity index (χ0v) is 10.6. The minimum absolute atomic E-state index is 0. The molecular weight excluding hydrogens is 222 g/mol. The molecule has 0 amide bonds. The highest BCUT2D eigenvalue weighted by Gasteiger charge is 1.99. The fourth-order valence-corrected chi connectivity index (χ4v) is 1.79. The quantitative estimate of drug-likeness (QED) is 0.505. The predicted octanol–water partition coefficient (Wildman–Crippen LogP) is 2.64. The molecule has 0 aliphatic rings. The van der Waals surface area contributed by atoms with Crippen LogP contribution in [0.1, 0.15) is 59.8 Å².